The molecule has 3 aromatic rings. The van der Waals surface area contributed by atoms with E-state index in [0.717, 1.165) is 10.8 Å². The van der Waals surface area contributed by atoms with Crippen LogP contribution in [0.5, 0.6) is 0 Å². The highest BCUT2D eigenvalue weighted by atomic mass is 16.2. The summed E-state index contributed by atoms with van der Waals surface area (Å²) in [5.41, 5.74) is 6.23. The van der Waals surface area contributed by atoms with Crippen LogP contribution in [-0.2, 0) is 0 Å². The number of benzene rings is 2. The Bertz CT molecular complexity index is 813. The molecule has 0 saturated carbocycles. The lowest BCUT2D eigenvalue weighted by atomic mass is 9.99. The van der Waals surface area contributed by atoms with E-state index in [1.165, 1.54) is 17.0 Å². The van der Waals surface area contributed by atoms with Gasteiger partial charge in [-0.05, 0) is 16.8 Å². The molecule has 4 nitrogen and oxygen atoms in total. The number of rotatable bonds is 2. The molecule has 2 N–H and O–H groups in total. The van der Waals surface area contributed by atoms with Gasteiger partial charge in [0, 0.05) is 23.5 Å². The summed E-state index contributed by atoms with van der Waals surface area (Å²) >= 11 is 0. The van der Waals surface area contributed by atoms with Crippen LogP contribution in [0.3, 0.4) is 0 Å². The third-order valence-electron chi connectivity index (χ3n) is 3.24. The lowest BCUT2D eigenvalue weighted by Gasteiger charge is -2.04. The zero-order valence-corrected chi connectivity index (χ0v) is 10.6. The Morgan fingerprint density at radius 1 is 0.950 bits per heavy atom. The number of aromatic nitrogens is 1. The number of carbonyl (C=O) groups is 2. The van der Waals surface area contributed by atoms with Gasteiger partial charge in [0.2, 0.25) is 0 Å². The van der Waals surface area contributed by atoms with Crippen LogP contribution in [0, 0.1) is 0 Å². The van der Waals surface area contributed by atoms with Gasteiger partial charge in [-0.3, -0.25) is 9.36 Å². The van der Waals surface area contributed by atoms with Gasteiger partial charge in [-0.1, -0.05) is 42.5 Å². The highest BCUT2D eigenvalue weighted by Crippen LogP contribution is 2.21. The predicted octanol–water partition coefficient (Wildman–Crippen LogP) is 2.80. The molecule has 4 heteroatoms. The van der Waals surface area contributed by atoms with Crippen LogP contribution in [0.15, 0.2) is 60.9 Å². The molecule has 0 aliphatic heterocycles. The number of hydrogen-bond acceptors (Lipinski definition) is 2. The molecule has 1 amide bonds. The van der Waals surface area contributed by atoms with Crippen LogP contribution in [0.4, 0.5) is 4.79 Å². The van der Waals surface area contributed by atoms with Gasteiger partial charge in [-0.2, -0.15) is 0 Å². The fraction of sp³-hybridized carbons (Fsp3) is 0. The number of amides is 1. The summed E-state index contributed by atoms with van der Waals surface area (Å²) in [6.07, 6.45) is 2.94. The van der Waals surface area contributed by atoms with E-state index in [1.807, 2.05) is 36.4 Å². The minimum atomic E-state index is -0.609. The molecule has 0 saturated heterocycles. The largest absolute Gasteiger partial charge is 0.351 e. The third-order valence-corrected chi connectivity index (χ3v) is 3.24. The van der Waals surface area contributed by atoms with Crippen LogP contribution < -0.4 is 5.73 Å². The van der Waals surface area contributed by atoms with Crippen molar-refractivity contribution in [1.82, 2.24) is 4.57 Å². The molecule has 0 bridgehead atoms. The van der Waals surface area contributed by atoms with Gasteiger partial charge in [0.15, 0.2) is 5.78 Å². The second kappa shape index (κ2) is 4.66. The first-order valence-electron chi connectivity index (χ1n) is 6.17. The Kier molecular flexibility index (Phi) is 2.84. The van der Waals surface area contributed by atoms with E-state index in [2.05, 4.69) is 0 Å². The van der Waals surface area contributed by atoms with Crippen LogP contribution >= 0.6 is 0 Å². The van der Waals surface area contributed by atoms with Gasteiger partial charge in [-0.15, -0.1) is 0 Å². The molecule has 0 aliphatic carbocycles. The fourth-order valence-corrected chi connectivity index (χ4v) is 2.25. The first-order valence-corrected chi connectivity index (χ1v) is 6.17. The van der Waals surface area contributed by atoms with Gasteiger partial charge in [0.05, 0.1) is 0 Å². The van der Waals surface area contributed by atoms with Crippen molar-refractivity contribution < 1.29 is 9.59 Å². The van der Waals surface area contributed by atoms with Crippen molar-refractivity contribution in [3.8, 4) is 0 Å². The molecule has 0 spiro atoms. The maximum atomic E-state index is 12.5. The van der Waals surface area contributed by atoms with Crippen molar-refractivity contribution >= 4 is 22.6 Å². The molecule has 0 unspecified atom stereocenters. The highest BCUT2D eigenvalue weighted by molar-refractivity contribution is 6.16. The normalized spacial score (nSPS) is 10.6. The summed E-state index contributed by atoms with van der Waals surface area (Å²) in [5.74, 6) is -0.123. The Hall–Kier alpha value is -2.88. The predicted molar refractivity (Wildman–Crippen MR) is 76.8 cm³/mol. The Morgan fingerprint density at radius 3 is 2.45 bits per heavy atom. The molecule has 98 valence electrons. The fourth-order valence-electron chi connectivity index (χ4n) is 2.25. The molecule has 2 aromatic carbocycles. The van der Waals surface area contributed by atoms with Crippen molar-refractivity contribution in [2.45, 2.75) is 0 Å². The van der Waals surface area contributed by atoms with Gasteiger partial charge in [0.25, 0.3) is 0 Å². The number of primary amides is 1. The standard InChI is InChI=1S/C16H12N2O2/c17-16(20)18-9-8-12(10-18)15(19)14-7-3-5-11-4-1-2-6-13(11)14/h1-10H,(H2,17,20). The Labute approximate surface area is 115 Å². The van der Waals surface area contributed by atoms with E-state index in [1.54, 1.807) is 12.1 Å². The van der Waals surface area contributed by atoms with Crippen molar-refractivity contribution in [3.63, 3.8) is 0 Å². The maximum absolute atomic E-state index is 12.5. The number of carbonyl (C=O) groups excluding carboxylic acids is 2. The smallest absolute Gasteiger partial charge is 0.322 e. The topological polar surface area (TPSA) is 65.1 Å². The summed E-state index contributed by atoms with van der Waals surface area (Å²) in [5, 5.41) is 1.90. The molecule has 0 aliphatic rings. The lowest BCUT2D eigenvalue weighted by Crippen LogP contribution is -2.17. The van der Waals surface area contributed by atoms with Crippen molar-refractivity contribution in [2.24, 2.45) is 5.73 Å². The minimum Gasteiger partial charge on any atom is -0.351 e. The number of nitrogens with zero attached hydrogens (tertiary/aromatic N) is 1. The second-order valence-corrected chi connectivity index (χ2v) is 4.50. The molecule has 1 aromatic heterocycles. The first kappa shape index (κ1) is 12.2. The Balaban J connectivity index is 2.10. The monoisotopic (exact) mass is 264 g/mol. The molecule has 0 fully saturated rings. The van der Waals surface area contributed by atoms with Crippen molar-refractivity contribution in [2.75, 3.05) is 0 Å². The summed E-state index contributed by atoms with van der Waals surface area (Å²) < 4.78 is 1.19. The van der Waals surface area contributed by atoms with Crippen molar-refractivity contribution in [3.05, 3.63) is 72.1 Å². The minimum absolute atomic E-state index is 0.123. The summed E-state index contributed by atoms with van der Waals surface area (Å²) in [4.78, 5) is 23.6. The van der Waals surface area contributed by atoms with E-state index >= 15 is 0 Å². The van der Waals surface area contributed by atoms with Crippen molar-refractivity contribution in [1.29, 1.82) is 0 Å². The molecule has 20 heavy (non-hydrogen) atoms. The maximum Gasteiger partial charge on any atom is 0.322 e. The molecular weight excluding hydrogens is 252 g/mol. The van der Waals surface area contributed by atoms with Crippen LogP contribution in [0.25, 0.3) is 10.8 Å². The van der Waals surface area contributed by atoms with E-state index in [-0.39, 0.29) is 5.78 Å². The summed E-state index contributed by atoms with van der Waals surface area (Å²) in [6.45, 7) is 0. The second-order valence-electron chi connectivity index (χ2n) is 4.50. The summed E-state index contributed by atoms with van der Waals surface area (Å²) in [6, 6.07) is 14.3. The molecule has 0 atom stereocenters. The molecule has 3 rings (SSSR count). The van der Waals surface area contributed by atoms with Gasteiger partial charge in [-0.25, -0.2) is 4.79 Å². The number of fused-ring (bicyclic) bond motifs is 1. The van der Waals surface area contributed by atoms with Crippen LogP contribution in [0.2, 0.25) is 0 Å². The van der Waals surface area contributed by atoms with Crippen LogP contribution in [0.1, 0.15) is 15.9 Å². The van der Waals surface area contributed by atoms with E-state index in [9.17, 15) is 9.59 Å². The lowest BCUT2D eigenvalue weighted by molar-refractivity contribution is 0.104. The first-order chi connectivity index (χ1) is 9.66. The molecule has 0 radical (unpaired) electrons. The third kappa shape index (κ3) is 1.97. The van der Waals surface area contributed by atoms with Gasteiger partial charge < -0.3 is 5.73 Å². The zero-order valence-electron chi connectivity index (χ0n) is 10.6. The average molecular weight is 264 g/mol. The van der Waals surface area contributed by atoms with E-state index < -0.39 is 6.03 Å². The van der Waals surface area contributed by atoms with Crippen LogP contribution in [-0.4, -0.2) is 16.4 Å². The van der Waals surface area contributed by atoms with Gasteiger partial charge >= 0.3 is 6.03 Å². The van der Waals surface area contributed by atoms with E-state index in [4.69, 9.17) is 5.73 Å². The average Bonchev–Trinajstić information content (AvgIpc) is 2.96. The highest BCUT2D eigenvalue weighted by Gasteiger charge is 2.14. The number of hydrogen-bond donors (Lipinski definition) is 1. The molecule has 1 heterocycles. The summed E-state index contributed by atoms with van der Waals surface area (Å²) in [7, 11) is 0. The molecular formula is C16H12N2O2. The van der Waals surface area contributed by atoms with Gasteiger partial charge in [0.1, 0.15) is 0 Å². The SMILES string of the molecule is NC(=O)n1ccc(C(=O)c2cccc3ccccc23)c1. The Morgan fingerprint density at radius 2 is 1.70 bits per heavy atom. The number of ketones is 1. The zero-order chi connectivity index (χ0) is 14.1. The number of nitrogens with two attached hydrogens (primary N) is 1. The quantitative estimate of drug-likeness (QED) is 0.723. The van der Waals surface area contributed by atoms with E-state index in [0.29, 0.717) is 11.1 Å².